The van der Waals surface area contributed by atoms with E-state index in [-0.39, 0.29) is 12.2 Å². The van der Waals surface area contributed by atoms with Crippen LogP contribution in [0.5, 0.6) is 5.75 Å². The number of carboxylic acids is 1. The number of aliphatic carboxylic acids is 1. The fourth-order valence-corrected chi connectivity index (χ4v) is 1.55. The predicted octanol–water partition coefficient (Wildman–Crippen LogP) is 1.11. The van der Waals surface area contributed by atoms with E-state index < -0.39 is 12.0 Å². The maximum Gasteiger partial charge on any atom is 0.320 e. The number of halogens is 1. The number of hydrogen-bond acceptors (Lipinski definition) is 3. The van der Waals surface area contributed by atoms with Crippen molar-refractivity contribution in [2.24, 2.45) is 5.73 Å². The summed E-state index contributed by atoms with van der Waals surface area (Å²) >= 11 is 3.22. The molecule has 0 saturated carbocycles. The van der Waals surface area contributed by atoms with Crippen molar-refractivity contribution < 1.29 is 15.0 Å². The minimum atomic E-state index is -1.04. The van der Waals surface area contributed by atoms with Gasteiger partial charge < -0.3 is 15.9 Å². The standard InChI is InChI=1S/C9H10BrNO3/c10-7-4-6(12)2-1-5(7)3-8(11)9(13)14/h1-2,4,8,12H,3,11H2,(H,13,14)/t8-/m1/s1/i10+2. The lowest BCUT2D eigenvalue weighted by Gasteiger charge is -2.08. The van der Waals surface area contributed by atoms with Gasteiger partial charge >= 0.3 is 5.97 Å². The van der Waals surface area contributed by atoms with E-state index in [9.17, 15) is 4.79 Å². The van der Waals surface area contributed by atoms with Gasteiger partial charge in [0.25, 0.3) is 0 Å². The van der Waals surface area contributed by atoms with Gasteiger partial charge in [0.15, 0.2) is 0 Å². The summed E-state index contributed by atoms with van der Waals surface area (Å²) < 4.78 is 0.661. The van der Waals surface area contributed by atoms with Gasteiger partial charge in [-0.2, -0.15) is 0 Å². The van der Waals surface area contributed by atoms with Crippen LogP contribution in [0, 0.1) is 0 Å². The van der Waals surface area contributed by atoms with Crippen LogP contribution in [-0.2, 0) is 11.2 Å². The van der Waals surface area contributed by atoms with E-state index in [2.05, 4.69) is 15.9 Å². The lowest BCUT2D eigenvalue weighted by molar-refractivity contribution is -0.138. The number of carboxylic acid groups (broad SMARTS) is 1. The zero-order valence-electron chi connectivity index (χ0n) is 7.27. The molecule has 0 spiro atoms. The summed E-state index contributed by atoms with van der Waals surface area (Å²) in [4.78, 5) is 10.5. The molecule has 0 fully saturated rings. The molecule has 0 radical (unpaired) electrons. The summed E-state index contributed by atoms with van der Waals surface area (Å²) in [5.41, 5.74) is 6.13. The van der Waals surface area contributed by atoms with E-state index >= 15 is 0 Å². The Morgan fingerprint density at radius 1 is 1.57 bits per heavy atom. The van der Waals surface area contributed by atoms with Crippen molar-refractivity contribution in [3.63, 3.8) is 0 Å². The van der Waals surface area contributed by atoms with Gasteiger partial charge in [0.05, 0.1) is 0 Å². The molecular formula is C9H10BrNO3. The highest BCUT2D eigenvalue weighted by Crippen LogP contribution is 2.22. The van der Waals surface area contributed by atoms with Crippen LogP contribution in [0.25, 0.3) is 0 Å². The SMILES string of the molecule is N[C@H](Cc1ccc(O)cc1[82Br])C(=O)O. The van der Waals surface area contributed by atoms with Crippen molar-refractivity contribution in [1.82, 2.24) is 0 Å². The Bertz CT molecular complexity index is 354. The Morgan fingerprint density at radius 3 is 2.71 bits per heavy atom. The van der Waals surface area contributed by atoms with Crippen LogP contribution in [0.1, 0.15) is 5.56 Å². The number of nitrogens with two attached hydrogens (primary N) is 1. The molecule has 0 aromatic heterocycles. The topological polar surface area (TPSA) is 83.5 Å². The largest absolute Gasteiger partial charge is 0.508 e. The summed E-state index contributed by atoms with van der Waals surface area (Å²) in [7, 11) is 0. The molecule has 5 heteroatoms. The summed E-state index contributed by atoms with van der Waals surface area (Å²) in [5, 5.41) is 17.7. The molecule has 1 atom stereocenters. The summed E-state index contributed by atoms with van der Waals surface area (Å²) in [6.45, 7) is 0. The quantitative estimate of drug-likeness (QED) is 0.761. The predicted molar refractivity (Wildman–Crippen MR) is 55.1 cm³/mol. The molecular weight excluding hydrogens is 252 g/mol. The number of aromatic hydroxyl groups is 1. The molecule has 1 aromatic carbocycles. The van der Waals surface area contributed by atoms with E-state index in [0.29, 0.717) is 4.47 Å². The Balaban J connectivity index is 2.82. The Labute approximate surface area is 89.5 Å². The average Bonchev–Trinajstić information content (AvgIpc) is 2.09. The monoisotopic (exact) mass is 262 g/mol. The van der Waals surface area contributed by atoms with Crippen molar-refractivity contribution in [1.29, 1.82) is 0 Å². The third-order valence-corrected chi connectivity index (χ3v) is 2.53. The van der Waals surface area contributed by atoms with E-state index in [1.807, 2.05) is 0 Å². The molecule has 0 bridgehead atoms. The number of hydrogen-bond donors (Lipinski definition) is 3. The number of carbonyl (C=O) groups is 1. The van der Waals surface area contributed by atoms with E-state index in [4.69, 9.17) is 15.9 Å². The van der Waals surface area contributed by atoms with Crippen LogP contribution in [0.4, 0.5) is 0 Å². The molecule has 0 unspecified atom stereocenters. The molecule has 0 aliphatic rings. The normalized spacial score (nSPS) is 12.4. The van der Waals surface area contributed by atoms with Crippen LogP contribution in [-0.4, -0.2) is 22.2 Å². The van der Waals surface area contributed by atoms with Crippen molar-refractivity contribution in [3.05, 3.63) is 28.2 Å². The Kier molecular flexibility index (Phi) is 3.49. The molecule has 1 rings (SSSR count). The third-order valence-electron chi connectivity index (χ3n) is 1.79. The van der Waals surface area contributed by atoms with Gasteiger partial charge in [-0.1, -0.05) is 22.0 Å². The van der Waals surface area contributed by atoms with E-state index in [1.54, 1.807) is 6.07 Å². The molecule has 0 amide bonds. The number of phenolic OH excluding ortho intramolecular Hbond substituents is 1. The molecule has 1 aromatic rings. The fourth-order valence-electron chi connectivity index (χ4n) is 1.03. The number of benzene rings is 1. The second-order valence-corrected chi connectivity index (χ2v) is 3.78. The molecule has 0 aliphatic carbocycles. The van der Waals surface area contributed by atoms with Gasteiger partial charge in [-0.3, -0.25) is 4.79 Å². The fraction of sp³-hybridized carbons (Fsp3) is 0.222. The van der Waals surface area contributed by atoms with Crippen LogP contribution < -0.4 is 5.73 Å². The maximum atomic E-state index is 10.5. The van der Waals surface area contributed by atoms with E-state index in [1.165, 1.54) is 12.1 Å². The van der Waals surface area contributed by atoms with Crippen molar-refractivity contribution in [2.75, 3.05) is 0 Å². The first-order chi connectivity index (χ1) is 6.50. The molecule has 76 valence electrons. The second kappa shape index (κ2) is 4.43. The Hall–Kier alpha value is -1.07. The maximum absolute atomic E-state index is 10.5. The summed E-state index contributed by atoms with van der Waals surface area (Å²) in [6.07, 6.45) is 0.232. The van der Waals surface area contributed by atoms with Gasteiger partial charge in [-0.15, -0.1) is 0 Å². The van der Waals surface area contributed by atoms with Crippen molar-refractivity contribution in [2.45, 2.75) is 12.5 Å². The van der Waals surface area contributed by atoms with Crippen molar-refractivity contribution in [3.8, 4) is 5.75 Å². The zero-order chi connectivity index (χ0) is 10.7. The number of rotatable bonds is 3. The molecule has 14 heavy (non-hydrogen) atoms. The van der Waals surface area contributed by atoms with Gasteiger partial charge in [-0.05, 0) is 24.1 Å². The minimum absolute atomic E-state index is 0.129. The highest BCUT2D eigenvalue weighted by molar-refractivity contribution is 9.10. The highest BCUT2D eigenvalue weighted by Gasteiger charge is 2.13. The minimum Gasteiger partial charge on any atom is -0.508 e. The second-order valence-electron chi connectivity index (χ2n) is 2.92. The third kappa shape index (κ3) is 2.71. The van der Waals surface area contributed by atoms with Crippen LogP contribution >= 0.6 is 15.9 Å². The number of phenols is 1. The van der Waals surface area contributed by atoms with Crippen LogP contribution in [0.15, 0.2) is 22.7 Å². The smallest absolute Gasteiger partial charge is 0.320 e. The van der Waals surface area contributed by atoms with Crippen LogP contribution in [0.2, 0.25) is 0 Å². The molecule has 4 N–H and O–H groups in total. The first kappa shape index (κ1) is 11.0. The molecule has 0 heterocycles. The van der Waals surface area contributed by atoms with Gasteiger partial charge in [0.2, 0.25) is 0 Å². The summed E-state index contributed by atoms with van der Waals surface area (Å²) in [5.74, 6) is -0.908. The lowest BCUT2D eigenvalue weighted by Crippen LogP contribution is -2.32. The lowest BCUT2D eigenvalue weighted by atomic mass is 10.1. The molecule has 0 saturated heterocycles. The van der Waals surface area contributed by atoms with Gasteiger partial charge in [0, 0.05) is 4.47 Å². The molecule has 4 nitrogen and oxygen atoms in total. The molecule has 0 aliphatic heterocycles. The van der Waals surface area contributed by atoms with Crippen LogP contribution in [0.3, 0.4) is 0 Å². The van der Waals surface area contributed by atoms with Crippen molar-refractivity contribution >= 4 is 21.9 Å². The first-order valence-corrected chi connectivity index (χ1v) is 4.76. The summed E-state index contributed by atoms with van der Waals surface area (Å²) in [6, 6.07) is 3.72. The van der Waals surface area contributed by atoms with Gasteiger partial charge in [0.1, 0.15) is 11.8 Å². The van der Waals surface area contributed by atoms with Gasteiger partial charge in [-0.25, -0.2) is 0 Å². The highest BCUT2D eigenvalue weighted by atomic mass is 81.9. The Morgan fingerprint density at radius 2 is 2.21 bits per heavy atom. The first-order valence-electron chi connectivity index (χ1n) is 3.96. The zero-order valence-corrected chi connectivity index (χ0v) is 8.86. The van der Waals surface area contributed by atoms with E-state index in [0.717, 1.165) is 5.56 Å². The average molecular weight is 262 g/mol.